The highest BCUT2D eigenvalue weighted by Crippen LogP contribution is 2.20. The first-order valence-corrected chi connectivity index (χ1v) is 6.28. The van der Waals surface area contributed by atoms with Gasteiger partial charge < -0.3 is 4.74 Å². The third-order valence-corrected chi connectivity index (χ3v) is 1.75. The summed E-state index contributed by atoms with van der Waals surface area (Å²) in [5.41, 5.74) is -0.925. The molecule has 0 bridgehead atoms. The molecule has 0 atom stereocenters. The second-order valence-electron chi connectivity index (χ2n) is 4.94. The average Bonchev–Trinajstić information content (AvgIpc) is 1.76. The fraction of sp³-hybridized carbons (Fsp3) is 1.00. The van der Waals surface area contributed by atoms with E-state index in [1.54, 1.807) is 13.8 Å². The van der Waals surface area contributed by atoms with E-state index in [-0.39, 0.29) is 12.2 Å². The van der Waals surface area contributed by atoms with Crippen molar-refractivity contribution in [3.63, 3.8) is 0 Å². The van der Waals surface area contributed by atoms with Gasteiger partial charge in [0, 0.05) is 0 Å². The molecule has 0 aromatic heterocycles. The molecule has 0 aromatic carbocycles. The van der Waals surface area contributed by atoms with E-state index in [1.807, 2.05) is 20.8 Å². The minimum atomic E-state index is -3.39. The van der Waals surface area contributed by atoms with Crippen LogP contribution >= 0.6 is 0 Å². The molecular weight excluding hydrogens is 204 g/mol. The van der Waals surface area contributed by atoms with Gasteiger partial charge in [-0.25, -0.2) is 0 Å². The Hall–Kier alpha value is -0.130. The molecule has 14 heavy (non-hydrogen) atoms. The van der Waals surface area contributed by atoms with Crippen LogP contribution in [-0.4, -0.2) is 32.5 Å². The van der Waals surface area contributed by atoms with E-state index in [0.29, 0.717) is 0 Å². The molecule has 0 amide bonds. The predicted octanol–water partition coefficient (Wildman–Crippen LogP) is 1.56. The lowest BCUT2D eigenvalue weighted by Gasteiger charge is -2.33. The molecule has 0 heterocycles. The first kappa shape index (κ1) is 13.9. The lowest BCUT2D eigenvalue weighted by atomic mass is 10.1. The van der Waals surface area contributed by atoms with Crippen molar-refractivity contribution < 1.29 is 17.3 Å². The molecular formula is C9H20O4S. The average molecular weight is 224 g/mol. The van der Waals surface area contributed by atoms with Gasteiger partial charge in [-0.2, -0.15) is 8.42 Å². The summed E-state index contributed by atoms with van der Waals surface area (Å²) in [4.78, 5) is 0. The smallest absolute Gasteiger partial charge is 0.264 e. The van der Waals surface area contributed by atoms with Crippen LogP contribution in [0.5, 0.6) is 0 Å². The molecule has 0 aliphatic rings. The van der Waals surface area contributed by atoms with Gasteiger partial charge in [-0.3, -0.25) is 4.18 Å². The molecule has 0 N–H and O–H groups in total. The molecule has 0 radical (unpaired) electrons. The maximum atomic E-state index is 10.8. The molecule has 0 saturated carbocycles. The van der Waals surface area contributed by atoms with Crippen molar-refractivity contribution in [2.75, 3.05) is 12.9 Å². The van der Waals surface area contributed by atoms with Crippen molar-refractivity contribution in [3.05, 3.63) is 0 Å². The van der Waals surface area contributed by atoms with E-state index >= 15 is 0 Å². The normalized spacial score (nSPS) is 14.4. The van der Waals surface area contributed by atoms with Gasteiger partial charge in [-0.1, -0.05) is 0 Å². The van der Waals surface area contributed by atoms with Gasteiger partial charge in [-0.15, -0.1) is 0 Å². The van der Waals surface area contributed by atoms with E-state index in [1.165, 1.54) is 0 Å². The Labute approximate surface area is 86.7 Å². The van der Waals surface area contributed by atoms with Crippen LogP contribution < -0.4 is 0 Å². The summed E-state index contributed by atoms with van der Waals surface area (Å²) in [6.45, 7) is 9.36. The zero-order valence-corrected chi connectivity index (χ0v) is 10.6. The Morgan fingerprint density at radius 3 is 1.79 bits per heavy atom. The monoisotopic (exact) mass is 224 g/mol. The molecule has 0 aliphatic heterocycles. The molecule has 0 aromatic rings. The number of ether oxygens (including phenoxy) is 1. The molecule has 0 saturated heterocycles. The van der Waals surface area contributed by atoms with Gasteiger partial charge in [0.25, 0.3) is 10.1 Å². The minimum absolute atomic E-state index is 0.0309. The van der Waals surface area contributed by atoms with Gasteiger partial charge >= 0.3 is 0 Å². The maximum Gasteiger partial charge on any atom is 0.264 e. The van der Waals surface area contributed by atoms with E-state index in [4.69, 9.17) is 4.74 Å². The van der Waals surface area contributed by atoms with Crippen molar-refractivity contribution in [1.29, 1.82) is 0 Å². The van der Waals surface area contributed by atoms with Crippen molar-refractivity contribution >= 4 is 10.1 Å². The third-order valence-electron chi connectivity index (χ3n) is 1.20. The molecule has 0 rings (SSSR count). The SMILES string of the molecule is CC(C)(C)OC(C)(C)COS(C)(=O)=O. The van der Waals surface area contributed by atoms with Gasteiger partial charge in [0.15, 0.2) is 0 Å². The van der Waals surface area contributed by atoms with Gasteiger partial charge in [0.05, 0.1) is 24.1 Å². The fourth-order valence-electron chi connectivity index (χ4n) is 1.11. The first-order valence-electron chi connectivity index (χ1n) is 4.46. The number of hydrogen-bond acceptors (Lipinski definition) is 4. The Kier molecular flexibility index (Phi) is 4.12. The topological polar surface area (TPSA) is 52.6 Å². The Bertz CT molecular complexity index is 272. The molecule has 0 spiro atoms. The van der Waals surface area contributed by atoms with Crippen LogP contribution in [0.2, 0.25) is 0 Å². The third kappa shape index (κ3) is 8.47. The molecule has 5 heteroatoms. The number of hydrogen-bond donors (Lipinski definition) is 0. The molecule has 4 nitrogen and oxygen atoms in total. The largest absolute Gasteiger partial charge is 0.368 e. The second-order valence-corrected chi connectivity index (χ2v) is 6.58. The Morgan fingerprint density at radius 1 is 1.07 bits per heavy atom. The zero-order valence-electron chi connectivity index (χ0n) is 9.75. The summed E-state index contributed by atoms with van der Waals surface area (Å²) < 4.78 is 31.8. The summed E-state index contributed by atoms with van der Waals surface area (Å²) in [6.07, 6.45) is 1.03. The van der Waals surface area contributed by atoms with Crippen LogP contribution in [0.3, 0.4) is 0 Å². The standard InChI is InChI=1S/C9H20O4S/c1-8(2,3)13-9(4,5)7-12-14(6,10)11/h7H2,1-6H3. The molecule has 0 fully saturated rings. The van der Waals surface area contributed by atoms with Gasteiger partial charge in [-0.05, 0) is 34.6 Å². The van der Waals surface area contributed by atoms with Crippen LogP contribution in [0, 0.1) is 0 Å². The molecule has 0 aliphatic carbocycles. The van der Waals surface area contributed by atoms with Crippen molar-refractivity contribution in [2.24, 2.45) is 0 Å². The molecule has 86 valence electrons. The Morgan fingerprint density at radius 2 is 1.50 bits per heavy atom. The van der Waals surface area contributed by atoms with Crippen LogP contribution in [0.15, 0.2) is 0 Å². The van der Waals surface area contributed by atoms with Crippen molar-refractivity contribution in [2.45, 2.75) is 45.8 Å². The highest BCUT2D eigenvalue weighted by molar-refractivity contribution is 7.85. The zero-order chi connectivity index (χ0) is 11.6. The summed E-state index contributed by atoms with van der Waals surface area (Å²) in [7, 11) is -3.39. The minimum Gasteiger partial charge on any atom is -0.368 e. The highest BCUT2D eigenvalue weighted by atomic mass is 32.2. The van der Waals surface area contributed by atoms with Crippen LogP contribution in [0.25, 0.3) is 0 Å². The van der Waals surface area contributed by atoms with Crippen LogP contribution in [0.1, 0.15) is 34.6 Å². The van der Waals surface area contributed by atoms with Gasteiger partial charge in [0.1, 0.15) is 0 Å². The maximum absolute atomic E-state index is 10.8. The van der Waals surface area contributed by atoms with E-state index in [9.17, 15) is 8.42 Å². The summed E-state index contributed by atoms with van der Waals surface area (Å²) >= 11 is 0. The highest BCUT2D eigenvalue weighted by Gasteiger charge is 2.27. The van der Waals surface area contributed by atoms with Crippen molar-refractivity contribution in [3.8, 4) is 0 Å². The summed E-state index contributed by atoms with van der Waals surface area (Å²) in [6, 6.07) is 0. The molecule has 0 unspecified atom stereocenters. The second kappa shape index (κ2) is 4.16. The van der Waals surface area contributed by atoms with E-state index < -0.39 is 15.7 Å². The summed E-state index contributed by atoms with van der Waals surface area (Å²) in [5.74, 6) is 0. The van der Waals surface area contributed by atoms with E-state index in [2.05, 4.69) is 4.18 Å². The van der Waals surface area contributed by atoms with Crippen LogP contribution in [0.4, 0.5) is 0 Å². The first-order chi connectivity index (χ1) is 5.91. The Balaban J connectivity index is 4.22. The lowest BCUT2D eigenvalue weighted by molar-refractivity contribution is -0.127. The lowest BCUT2D eigenvalue weighted by Crippen LogP contribution is -2.39. The number of rotatable bonds is 4. The summed E-state index contributed by atoms with van der Waals surface area (Å²) in [5, 5.41) is 0. The quantitative estimate of drug-likeness (QED) is 0.680. The van der Waals surface area contributed by atoms with Crippen molar-refractivity contribution in [1.82, 2.24) is 0 Å². The predicted molar refractivity (Wildman–Crippen MR) is 55.7 cm³/mol. The van der Waals surface area contributed by atoms with E-state index in [0.717, 1.165) is 6.26 Å². The van der Waals surface area contributed by atoms with Gasteiger partial charge in [0.2, 0.25) is 0 Å². The fourth-order valence-corrected chi connectivity index (χ4v) is 1.61. The van der Waals surface area contributed by atoms with Crippen LogP contribution in [-0.2, 0) is 19.0 Å².